The van der Waals surface area contributed by atoms with Crippen LogP contribution in [0.4, 0.5) is 14.9 Å². The summed E-state index contributed by atoms with van der Waals surface area (Å²) in [5.41, 5.74) is 0.241. The Morgan fingerprint density at radius 2 is 1.78 bits per heavy atom. The third kappa shape index (κ3) is 5.03. The average Bonchev–Trinajstić information content (AvgIpc) is 2.61. The van der Waals surface area contributed by atoms with Crippen molar-refractivity contribution in [1.29, 1.82) is 0 Å². The standard InChI is InChI=1S/C23H34FN3O4S/c1-22(2,3)31-21(28)26-9-7-17(8-10-26)12-25-13-23(14-25)15-27(16-23)20-6-5-18(11-19(20)24)32(4,29)30/h5-6,11,17H,7-10,12-16H2,1-4H3. The zero-order chi connectivity index (χ0) is 23.3. The Morgan fingerprint density at radius 3 is 2.31 bits per heavy atom. The van der Waals surface area contributed by atoms with Crippen molar-refractivity contribution in [3.05, 3.63) is 24.0 Å². The van der Waals surface area contributed by atoms with Crippen molar-refractivity contribution in [1.82, 2.24) is 9.80 Å². The summed E-state index contributed by atoms with van der Waals surface area (Å²) in [5.74, 6) is 0.110. The number of hydrogen-bond acceptors (Lipinski definition) is 6. The monoisotopic (exact) mass is 467 g/mol. The zero-order valence-electron chi connectivity index (χ0n) is 19.4. The van der Waals surface area contributed by atoms with E-state index in [0.717, 1.165) is 71.0 Å². The van der Waals surface area contributed by atoms with Gasteiger partial charge in [-0.05, 0) is 57.7 Å². The smallest absolute Gasteiger partial charge is 0.410 e. The van der Waals surface area contributed by atoms with Gasteiger partial charge in [-0.2, -0.15) is 0 Å². The Morgan fingerprint density at radius 1 is 1.16 bits per heavy atom. The largest absolute Gasteiger partial charge is 0.444 e. The lowest BCUT2D eigenvalue weighted by Crippen LogP contribution is -2.72. The third-order valence-electron chi connectivity index (χ3n) is 6.64. The van der Waals surface area contributed by atoms with Crippen molar-refractivity contribution < 1.29 is 22.3 Å². The molecule has 3 heterocycles. The van der Waals surface area contributed by atoms with Gasteiger partial charge in [-0.15, -0.1) is 0 Å². The van der Waals surface area contributed by atoms with E-state index in [9.17, 15) is 17.6 Å². The maximum atomic E-state index is 14.4. The lowest BCUT2D eigenvalue weighted by molar-refractivity contribution is -0.0370. The summed E-state index contributed by atoms with van der Waals surface area (Å²) in [6, 6.07) is 4.18. The Kier molecular flexibility index (Phi) is 5.94. The maximum Gasteiger partial charge on any atom is 0.410 e. The number of hydrogen-bond donors (Lipinski definition) is 0. The second kappa shape index (κ2) is 8.17. The molecule has 0 N–H and O–H groups in total. The van der Waals surface area contributed by atoms with Crippen molar-refractivity contribution >= 4 is 21.6 Å². The summed E-state index contributed by atoms with van der Waals surface area (Å²) >= 11 is 0. The van der Waals surface area contributed by atoms with Gasteiger partial charge < -0.3 is 19.4 Å². The first-order chi connectivity index (χ1) is 14.8. The highest BCUT2D eigenvalue weighted by Crippen LogP contribution is 2.43. The normalized spacial score (nSPS) is 21.9. The first-order valence-electron chi connectivity index (χ1n) is 11.3. The molecule has 0 saturated carbocycles. The van der Waals surface area contributed by atoms with E-state index in [1.807, 2.05) is 30.6 Å². The molecule has 0 radical (unpaired) electrons. The van der Waals surface area contributed by atoms with E-state index in [0.29, 0.717) is 11.6 Å². The van der Waals surface area contributed by atoms with Crippen molar-refractivity contribution in [2.24, 2.45) is 11.3 Å². The Labute approximate surface area is 190 Å². The van der Waals surface area contributed by atoms with Crippen molar-refractivity contribution in [2.45, 2.75) is 44.1 Å². The summed E-state index contributed by atoms with van der Waals surface area (Å²) in [7, 11) is -3.40. The molecule has 3 aliphatic heterocycles. The molecule has 178 valence electrons. The lowest BCUT2D eigenvalue weighted by Gasteiger charge is -2.61. The van der Waals surface area contributed by atoms with Crippen LogP contribution < -0.4 is 4.90 Å². The number of ether oxygens (including phenoxy) is 1. The Bertz CT molecular complexity index is 969. The molecule has 0 unspecified atom stereocenters. The molecule has 4 rings (SSSR count). The number of halogens is 1. The Balaban J connectivity index is 1.20. The van der Waals surface area contributed by atoms with Gasteiger partial charge in [0.25, 0.3) is 0 Å². The number of rotatable bonds is 4. The number of likely N-dealkylation sites (tertiary alicyclic amines) is 2. The molecule has 0 aliphatic carbocycles. The van der Waals surface area contributed by atoms with Gasteiger partial charge in [-0.3, -0.25) is 0 Å². The van der Waals surface area contributed by atoms with Gasteiger partial charge in [0.1, 0.15) is 11.4 Å². The van der Waals surface area contributed by atoms with Gasteiger partial charge in [0.15, 0.2) is 9.84 Å². The van der Waals surface area contributed by atoms with Crippen LogP contribution in [0.25, 0.3) is 0 Å². The van der Waals surface area contributed by atoms with Crippen molar-refractivity contribution in [3.8, 4) is 0 Å². The Hall–Kier alpha value is -1.87. The fraction of sp³-hybridized carbons (Fsp3) is 0.696. The predicted octanol–water partition coefficient (Wildman–Crippen LogP) is 3.00. The molecular formula is C23H34FN3O4S. The zero-order valence-corrected chi connectivity index (χ0v) is 20.3. The van der Waals surface area contributed by atoms with Crippen LogP contribution in [0.5, 0.6) is 0 Å². The van der Waals surface area contributed by atoms with E-state index >= 15 is 0 Å². The molecule has 0 aromatic heterocycles. The molecular weight excluding hydrogens is 433 g/mol. The second-order valence-corrected chi connectivity index (χ2v) is 12.8. The molecule has 1 amide bonds. The summed E-state index contributed by atoms with van der Waals surface area (Å²) in [6.07, 6.45) is 2.86. The minimum absolute atomic E-state index is 0.0153. The van der Waals surface area contributed by atoms with E-state index in [4.69, 9.17) is 4.74 Å². The highest BCUT2D eigenvalue weighted by molar-refractivity contribution is 7.90. The number of amides is 1. The molecule has 3 aliphatic rings. The van der Waals surface area contributed by atoms with Crippen LogP contribution in [0.15, 0.2) is 23.1 Å². The fourth-order valence-electron chi connectivity index (χ4n) is 5.13. The molecule has 1 aromatic rings. The third-order valence-corrected chi connectivity index (χ3v) is 7.75. The minimum Gasteiger partial charge on any atom is -0.444 e. The molecule has 0 atom stereocenters. The summed E-state index contributed by atoms with van der Waals surface area (Å²) in [6.45, 7) is 11.8. The van der Waals surface area contributed by atoms with Crippen LogP contribution in [0.2, 0.25) is 0 Å². The topological polar surface area (TPSA) is 70.2 Å². The molecule has 1 aromatic carbocycles. The summed E-state index contributed by atoms with van der Waals surface area (Å²) in [5, 5.41) is 0. The van der Waals surface area contributed by atoms with Crippen LogP contribution in [-0.2, 0) is 14.6 Å². The van der Waals surface area contributed by atoms with Gasteiger partial charge in [-0.25, -0.2) is 17.6 Å². The quantitative estimate of drug-likeness (QED) is 0.678. The number of anilines is 1. The number of carbonyl (C=O) groups excluding carboxylic acids is 1. The van der Waals surface area contributed by atoms with E-state index in [-0.39, 0.29) is 16.4 Å². The molecule has 9 heteroatoms. The van der Waals surface area contributed by atoms with E-state index in [1.54, 1.807) is 6.07 Å². The highest BCUT2D eigenvalue weighted by atomic mass is 32.2. The van der Waals surface area contributed by atoms with Gasteiger partial charge in [-0.1, -0.05) is 0 Å². The van der Waals surface area contributed by atoms with Gasteiger partial charge in [0.2, 0.25) is 0 Å². The van der Waals surface area contributed by atoms with E-state index in [1.165, 1.54) is 6.07 Å². The van der Waals surface area contributed by atoms with Gasteiger partial charge >= 0.3 is 6.09 Å². The van der Waals surface area contributed by atoms with Gasteiger partial charge in [0.05, 0.1) is 10.6 Å². The molecule has 1 spiro atoms. The van der Waals surface area contributed by atoms with Crippen molar-refractivity contribution in [3.63, 3.8) is 0 Å². The van der Waals surface area contributed by atoms with Crippen LogP contribution in [0, 0.1) is 17.2 Å². The van der Waals surface area contributed by atoms with E-state index in [2.05, 4.69) is 4.90 Å². The van der Waals surface area contributed by atoms with Crippen LogP contribution in [0.1, 0.15) is 33.6 Å². The molecule has 7 nitrogen and oxygen atoms in total. The van der Waals surface area contributed by atoms with Crippen LogP contribution >= 0.6 is 0 Å². The first-order valence-corrected chi connectivity index (χ1v) is 13.2. The average molecular weight is 468 g/mol. The number of benzene rings is 1. The summed E-state index contributed by atoms with van der Waals surface area (Å²) < 4.78 is 43.1. The molecule has 32 heavy (non-hydrogen) atoms. The molecule has 0 bridgehead atoms. The van der Waals surface area contributed by atoms with Crippen LogP contribution in [-0.4, -0.2) is 82.0 Å². The molecule has 3 fully saturated rings. The fourth-order valence-corrected chi connectivity index (χ4v) is 5.76. The maximum absolute atomic E-state index is 14.4. The number of piperidine rings is 1. The summed E-state index contributed by atoms with van der Waals surface area (Å²) in [4.78, 5) is 18.5. The second-order valence-electron chi connectivity index (χ2n) is 10.8. The SMILES string of the molecule is CC(C)(C)OC(=O)N1CCC(CN2CC3(C2)CN(c2ccc(S(C)(=O)=O)cc2F)C3)CC1. The number of carbonyl (C=O) groups is 1. The van der Waals surface area contributed by atoms with Crippen molar-refractivity contribution in [2.75, 3.05) is 57.0 Å². The predicted molar refractivity (Wildman–Crippen MR) is 121 cm³/mol. The van der Waals surface area contributed by atoms with Gasteiger partial charge in [0, 0.05) is 57.5 Å². The number of sulfone groups is 1. The highest BCUT2D eigenvalue weighted by Gasteiger charge is 2.52. The number of nitrogens with zero attached hydrogens (tertiary/aromatic N) is 3. The molecule has 3 saturated heterocycles. The first kappa shape index (κ1) is 23.3. The van der Waals surface area contributed by atoms with E-state index < -0.39 is 21.3 Å². The van der Waals surface area contributed by atoms with Crippen LogP contribution in [0.3, 0.4) is 0 Å². The minimum atomic E-state index is -3.40. The lowest BCUT2D eigenvalue weighted by atomic mass is 9.72.